The van der Waals surface area contributed by atoms with E-state index in [4.69, 9.17) is 5.11 Å². The van der Waals surface area contributed by atoms with E-state index in [1.54, 1.807) is 6.92 Å². The Kier molecular flexibility index (Phi) is 2.72. The van der Waals surface area contributed by atoms with Crippen LogP contribution in [-0.2, 0) is 4.79 Å². The lowest BCUT2D eigenvalue weighted by atomic mass is 9.38. The average Bonchev–Trinajstić information content (AvgIpc) is 2.23. The van der Waals surface area contributed by atoms with Gasteiger partial charge in [-0.3, -0.25) is 0 Å². The lowest BCUT2D eigenvalue weighted by molar-refractivity contribution is -0.225. The molecule has 4 nitrogen and oxygen atoms in total. The number of hydrogen-bond acceptors (Lipinski definition) is 3. The SMILES string of the molecule is CC(=CC12CC3(C)CC(O)(C1)CC(CO)(C3)C2)C(=O)O. The summed E-state index contributed by atoms with van der Waals surface area (Å²) >= 11 is 0. The van der Waals surface area contributed by atoms with E-state index in [2.05, 4.69) is 6.92 Å². The van der Waals surface area contributed by atoms with Crippen molar-refractivity contribution in [3.63, 3.8) is 0 Å². The summed E-state index contributed by atoms with van der Waals surface area (Å²) in [5.41, 5.74) is -0.854. The summed E-state index contributed by atoms with van der Waals surface area (Å²) in [4.78, 5) is 11.2. The van der Waals surface area contributed by atoms with E-state index in [0.29, 0.717) is 18.4 Å². The van der Waals surface area contributed by atoms with Gasteiger partial charge in [-0.05, 0) is 61.7 Å². The average molecular weight is 280 g/mol. The van der Waals surface area contributed by atoms with Gasteiger partial charge in [-0.1, -0.05) is 13.0 Å². The molecule has 0 saturated heterocycles. The molecule has 4 bridgehead atoms. The third-order valence-corrected chi connectivity index (χ3v) is 5.64. The maximum atomic E-state index is 11.2. The fraction of sp³-hybridized carbons (Fsp3) is 0.812. The predicted octanol–water partition coefficient (Wildman–Crippen LogP) is 2.10. The molecule has 0 aromatic carbocycles. The quantitative estimate of drug-likeness (QED) is 0.692. The lowest BCUT2D eigenvalue weighted by Gasteiger charge is -2.68. The van der Waals surface area contributed by atoms with Gasteiger partial charge in [0.1, 0.15) is 0 Å². The van der Waals surface area contributed by atoms with E-state index in [1.165, 1.54) is 0 Å². The molecule has 4 aliphatic rings. The van der Waals surface area contributed by atoms with Crippen molar-refractivity contribution in [2.45, 2.75) is 58.0 Å². The van der Waals surface area contributed by atoms with Crippen LogP contribution in [0.15, 0.2) is 11.6 Å². The molecule has 0 aromatic heterocycles. The third-order valence-electron chi connectivity index (χ3n) is 5.64. The Bertz CT molecular complexity index is 475. The summed E-state index contributed by atoms with van der Waals surface area (Å²) in [7, 11) is 0. The van der Waals surface area contributed by atoms with Crippen LogP contribution in [0.3, 0.4) is 0 Å². The number of carboxylic acids is 1. The smallest absolute Gasteiger partial charge is 0.330 e. The number of aliphatic carboxylic acids is 1. The Balaban J connectivity index is 2.05. The Labute approximate surface area is 119 Å². The van der Waals surface area contributed by atoms with Gasteiger partial charge in [-0.2, -0.15) is 0 Å². The molecule has 4 heteroatoms. The third kappa shape index (κ3) is 2.01. The zero-order valence-corrected chi connectivity index (χ0v) is 12.3. The van der Waals surface area contributed by atoms with Gasteiger partial charge in [0.15, 0.2) is 0 Å². The highest BCUT2D eigenvalue weighted by atomic mass is 16.4. The minimum Gasteiger partial charge on any atom is -0.478 e. The molecular formula is C16H24O4. The van der Waals surface area contributed by atoms with E-state index < -0.39 is 11.6 Å². The first-order valence-corrected chi connectivity index (χ1v) is 7.39. The van der Waals surface area contributed by atoms with E-state index in [9.17, 15) is 15.0 Å². The standard InChI is InChI=1S/C16H24O4/c1-11(12(18)19)3-14-4-13(2)5-15(7-14,10-17)9-16(20,6-13)8-14/h3,17,20H,4-10H2,1-2H3,(H,18,19). The molecule has 4 unspecified atom stereocenters. The van der Waals surface area contributed by atoms with E-state index in [0.717, 1.165) is 25.7 Å². The zero-order chi connectivity index (χ0) is 14.8. The van der Waals surface area contributed by atoms with E-state index in [1.807, 2.05) is 6.08 Å². The van der Waals surface area contributed by atoms with Crippen molar-refractivity contribution in [1.29, 1.82) is 0 Å². The predicted molar refractivity (Wildman–Crippen MR) is 74.1 cm³/mol. The van der Waals surface area contributed by atoms with Crippen molar-refractivity contribution in [3.05, 3.63) is 11.6 Å². The van der Waals surface area contributed by atoms with Gasteiger partial charge in [0.2, 0.25) is 0 Å². The Morgan fingerprint density at radius 3 is 2.40 bits per heavy atom. The first-order chi connectivity index (χ1) is 9.13. The van der Waals surface area contributed by atoms with Crippen LogP contribution in [-0.4, -0.2) is 33.5 Å². The molecule has 4 atom stereocenters. The molecule has 112 valence electrons. The Hall–Kier alpha value is -0.870. The Morgan fingerprint density at radius 1 is 1.15 bits per heavy atom. The van der Waals surface area contributed by atoms with Crippen LogP contribution in [0.4, 0.5) is 0 Å². The van der Waals surface area contributed by atoms with Crippen LogP contribution in [0.25, 0.3) is 0 Å². The number of hydrogen-bond donors (Lipinski definition) is 3. The van der Waals surface area contributed by atoms with Crippen molar-refractivity contribution in [2.24, 2.45) is 16.2 Å². The maximum absolute atomic E-state index is 11.2. The van der Waals surface area contributed by atoms with Crippen LogP contribution >= 0.6 is 0 Å². The van der Waals surface area contributed by atoms with Gasteiger partial charge in [0, 0.05) is 12.2 Å². The molecule has 0 aromatic rings. The largest absolute Gasteiger partial charge is 0.478 e. The highest BCUT2D eigenvalue weighted by molar-refractivity contribution is 5.85. The number of aliphatic hydroxyl groups is 2. The van der Waals surface area contributed by atoms with Gasteiger partial charge >= 0.3 is 5.97 Å². The molecule has 3 N–H and O–H groups in total. The highest BCUT2D eigenvalue weighted by Gasteiger charge is 2.65. The summed E-state index contributed by atoms with van der Waals surface area (Å²) in [6.07, 6.45) is 6.62. The summed E-state index contributed by atoms with van der Waals surface area (Å²) in [5, 5.41) is 29.9. The Morgan fingerprint density at radius 2 is 1.85 bits per heavy atom. The van der Waals surface area contributed by atoms with Crippen molar-refractivity contribution < 1.29 is 20.1 Å². The molecule has 0 spiro atoms. The van der Waals surface area contributed by atoms with Gasteiger partial charge in [-0.25, -0.2) is 4.79 Å². The first kappa shape index (κ1) is 14.1. The van der Waals surface area contributed by atoms with E-state index >= 15 is 0 Å². The molecule has 4 aliphatic carbocycles. The number of carboxylic acid groups (broad SMARTS) is 1. The summed E-state index contributed by atoms with van der Waals surface area (Å²) in [6, 6.07) is 0. The molecule has 0 aliphatic heterocycles. The summed E-state index contributed by atoms with van der Waals surface area (Å²) < 4.78 is 0. The molecular weight excluding hydrogens is 256 g/mol. The zero-order valence-electron chi connectivity index (χ0n) is 12.3. The summed E-state index contributed by atoms with van der Waals surface area (Å²) in [5.74, 6) is -0.893. The highest BCUT2D eigenvalue weighted by Crippen LogP contribution is 2.71. The molecule has 20 heavy (non-hydrogen) atoms. The van der Waals surface area contributed by atoms with Crippen molar-refractivity contribution in [1.82, 2.24) is 0 Å². The van der Waals surface area contributed by atoms with Crippen LogP contribution in [0, 0.1) is 16.2 Å². The van der Waals surface area contributed by atoms with Gasteiger partial charge in [0.25, 0.3) is 0 Å². The lowest BCUT2D eigenvalue weighted by Crippen LogP contribution is -2.63. The minimum atomic E-state index is -0.893. The fourth-order valence-electron chi connectivity index (χ4n) is 6.24. The monoisotopic (exact) mass is 280 g/mol. The molecule has 0 radical (unpaired) electrons. The number of carbonyl (C=O) groups is 1. The number of aliphatic hydroxyl groups excluding tert-OH is 1. The molecule has 4 fully saturated rings. The molecule has 4 rings (SSSR count). The van der Waals surface area contributed by atoms with Gasteiger partial charge < -0.3 is 15.3 Å². The normalized spacial score (nSPS) is 50.5. The second kappa shape index (κ2) is 3.86. The van der Waals surface area contributed by atoms with Crippen molar-refractivity contribution in [3.8, 4) is 0 Å². The second-order valence-corrected chi connectivity index (χ2v) is 8.25. The molecule has 0 amide bonds. The molecule has 0 heterocycles. The van der Waals surface area contributed by atoms with E-state index in [-0.39, 0.29) is 22.9 Å². The number of rotatable bonds is 3. The van der Waals surface area contributed by atoms with Crippen LogP contribution in [0.5, 0.6) is 0 Å². The van der Waals surface area contributed by atoms with Crippen LogP contribution in [0.2, 0.25) is 0 Å². The van der Waals surface area contributed by atoms with Gasteiger partial charge in [0.05, 0.1) is 5.60 Å². The first-order valence-electron chi connectivity index (χ1n) is 7.39. The van der Waals surface area contributed by atoms with Crippen LogP contribution in [0.1, 0.15) is 52.4 Å². The van der Waals surface area contributed by atoms with Crippen molar-refractivity contribution in [2.75, 3.05) is 6.61 Å². The van der Waals surface area contributed by atoms with Gasteiger partial charge in [-0.15, -0.1) is 0 Å². The minimum absolute atomic E-state index is 0.0154. The van der Waals surface area contributed by atoms with Crippen molar-refractivity contribution >= 4 is 5.97 Å². The fourth-order valence-corrected chi connectivity index (χ4v) is 6.24. The van der Waals surface area contributed by atoms with Crippen LogP contribution < -0.4 is 0 Å². The number of allylic oxidation sites excluding steroid dienone is 1. The second-order valence-electron chi connectivity index (χ2n) is 8.25. The molecule has 4 saturated carbocycles. The maximum Gasteiger partial charge on any atom is 0.330 e. The topological polar surface area (TPSA) is 77.8 Å². The summed E-state index contributed by atoms with van der Waals surface area (Å²) in [6.45, 7) is 3.89.